The summed E-state index contributed by atoms with van der Waals surface area (Å²) in [5.74, 6) is 0. The van der Waals surface area contributed by atoms with E-state index in [9.17, 15) is 5.11 Å². The molecule has 1 heterocycles. The van der Waals surface area contributed by atoms with E-state index < -0.39 is 0 Å². The van der Waals surface area contributed by atoms with Gasteiger partial charge in [-0.1, -0.05) is 23.7 Å². The molecule has 13 heavy (non-hydrogen) atoms. The fourth-order valence-corrected chi connectivity index (χ4v) is 1.65. The summed E-state index contributed by atoms with van der Waals surface area (Å²) in [6.45, 7) is 0.438. The molecule has 0 amide bonds. The van der Waals surface area contributed by atoms with Crippen molar-refractivity contribution in [3.05, 3.63) is 34.9 Å². The van der Waals surface area contributed by atoms with Crippen LogP contribution in [0.3, 0.4) is 0 Å². The Hall–Kier alpha value is -0.570. The molecule has 2 rings (SSSR count). The maximum Gasteiger partial charge on any atom is 0.0851 e. The highest BCUT2D eigenvalue weighted by molar-refractivity contribution is 6.30. The van der Waals surface area contributed by atoms with Crippen LogP contribution in [-0.4, -0.2) is 17.8 Å². The van der Waals surface area contributed by atoms with Crippen molar-refractivity contribution in [2.45, 2.75) is 18.6 Å². The molecule has 0 bridgehead atoms. The number of aliphatic hydroxyl groups is 1. The van der Waals surface area contributed by atoms with Crippen molar-refractivity contribution in [1.82, 2.24) is 0 Å². The Morgan fingerprint density at radius 1 is 1.31 bits per heavy atom. The van der Waals surface area contributed by atoms with Gasteiger partial charge in [-0.05, 0) is 17.7 Å². The summed E-state index contributed by atoms with van der Waals surface area (Å²) in [5, 5.41) is 9.99. The average molecular weight is 199 g/mol. The van der Waals surface area contributed by atoms with Gasteiger partial charge in [-0.15, -0.1) is 0 Å². The monoisotopic (exact) mass is 198 g/mol. The topological polar surface area (TPSA) is 29.5 Å². The largest absolute Gasteiger partial charge is 0.391 e. The van der Waals surface area contributed by atoms with Gasteiger partial charge in [0.1, 0.15) is 0 Å². The van der Waals surface area contributed by atoms with Gasteiger partial charge in [0.2, 0.25) is 0 Å². The molecular weight excluding hydrogens is 188 g/mol. The SMILES string of the molecule is O[C@H]1CO[C@@H](c2ccc(Cl)cc2)C1. The highest BCUT2D eigenvalue weighted by atomic mass is 35.5. The van der Waals surface area contributed by atoms with E-state index >= 15 is 0 Å². The molecule has 1 aromatic rings. The fourth-order valence-electron chi connectivity index (χ4n) is 1.52. The van der Waals surface area contributed by atoms with Crippen LogP contribution in [0.25, 0.3) is 0 Å². The lowest BCUT2D eigenvalue weighted by atomic mass is 10.1. The second-order valence-corrected chi connectivity index (χ2v) is 3.70. The van der Waals surface area contributed by atoms with Crippen LogP contribution in [-0.2, 0) is 4.74 Å². The van der Waals surface area contributed by atoms with Crippen molar-refractivity contribution < 1.29 is 9.84 Å². The number of hydrogen-bond acceptors (Lipinski definition) is 2. The lowest BCUT2D eigenvalue weighted by Gasteiger charge is -2.08. The van der Waals surface area contributed by atoms with Gasteiger partial charge in [0.15, 0.2) is 0 Å². The Labute approximate surface area is 82.1 Å². The summed E-state index contributed by atoms with van der Waals surface area (Å²) < 4.78 is 5.40. The summed E-state index contributed by atoms with van der Waals surface area (Å²) in [4.78, 5) is 0. The summed E-state index contributed by atoms with van der Waals surface area (Å²) in [6, 6.07) is 7.55. The minimum atomic E-state index is -0.319. The molecule has 1 aromatic carbocycles. The van der Waals surface area contributed by atoms with Gasteiger partial charge in [-0.3, -0.25) is 0 Å². The van der Waals surface area contributed by atoms with Crippen molar-refractivity contribution in [3.63, 3.8) is 0 Å². The minimum Gasteiger partial charge on any atom is -0.391 e. The van der Waals surface area contributed by atoms with E-state index in [4.69, 9.17) is 16.3 Å². The molecule has 1 aliphatic heterocycles. The molecule has 0 saturated carbocycles. The summed E-state index contributed by atoms with van der Waals surface area (Å²) in [6.07, 6.45) is 0.398. The van der Waals surface area contributed by atoms with E-state index in [1.165, 1.54) is 0 Å². The number of ether oxygens (including phenoxy) is 1. The summed E-state index contributed by atoms with van der Waals surface area (Å²) in [7, 11) is 0. The van der Waals surface area contributed by atoms with Gasteiger partial charge < -0.3 is 9.84 Å². The molecule has 0 aliphatic carbocycles. The molecule has 1 N–H and O–H groups in total. The number of aliphatic hydroxyl groups excluding tert-OH is 1. The molecule has 1 saturated heterocycles. The Bertz CT molecular complexity index is 283. The normalized spacial score (nSPS) is 27.8. The number of rotatable bonds is 1. The third kappa shape index (κ3) is 2.02. The molecule has 1 fully saturated rings. The molecule has 0 radical (unpaired) electrons. The Balaban J connectivity index is 2.13. The second kappa shape index (κ2) is 3.66. The first-order chi connectivity index (χ1) is 6.25. The van der Waals surface area contributed by atoms with Gasteiger partial charge in [-0.2, -0.15) is 0 Å². The molecule has 3 heteroatoms. The maximum absolute atomic E-state index is 9.26. The zero-order valence-electron chi connectivity index (χ0n) is 7.11. The highest BCUT2D eigenvalue weighted by Crippen LogP contribution is 2.29. The summed E-state index contributed by atoms with van der Waals surface area (Å²) in [5.41, 5.74) is 1.08. The number of hydrogen-bond donors (Lipinski definition) is 1. The van der Waals surface area contributed by atoms with Gasteiger partial charge in [-0.25, -0.2) is 0 Å². The van der Waals surface area contributed by atoms with Crippen LogP contribution in [0.4, 0.5) is 0 Å². The maximum atomic E-state index is 9.26. The summed E-state index contributed by atoms with van der Waals surface area (Å²) >= 11 is 5.76. The Morgan fingerprint density at radius 3 is 2.54 bits per heavy atom. The Morgan fingerprint density at radius 2 is 2.00 bits per heavy atom. The third-order valence-corrected chi connectivity index (χ3v) is 2.47. The average Bonchev–Trinajstić information content (AvgIpc) is 2.53. The molecule has 0 spiro atoms. The van der Waals surface area contributed by atoms with Crippen LogP contribution in [0.2, 0.25) is 5.02 Å². The van der Waals surface area contributed by atoms with E-state index in [-0.39, 0.29) is 12.2 Å². The smallest absolute Gasteiger partial charge is 0.0851 e. The number of halogens is 1. The van der Waals surface area contributed by atoms with Crippen LogP contribution in [0.5, 0.6) is 0 Å². The van der Waals surface area contributed by atoms with Crippen LogP contribution >= 0.6 is 11.6 Å². The van der Waals surface area contributed by atoms with Crippen LogP contribution in [0.1, 0.15) is 18.1 Å². The number of benzene rings is 1. The van der Waals surface area contributed by atoms with Gasteiger partial charge in [0, 0.05) is 11.4 Å². The van der Waals surface area contributed by atoms with Gasteiger partial charge in [0.25, 0.3) is 0 Å². The quantitative estimate of drug-likeness (QED) is 0.750. The standard InChI is InChI=1S/C10H11ClO2/c11-8-3-1-7(2-4-8)10-5-9(12)6-13-10/h1-4,9-10,12H,5-6H2/t9-,10-/m1/s1. The molecule has 0 unspecified atom stereocenters. The zero-order chi connectivity index (χ0) is 9.26. The second-order valence-electron chi connectivity index (χ2n) is 3.26. The van der Waals surface area contributed by atoms with Crippen molar-refractivity contribution in [2.75, 3.05) is 6.61 Å². The van der Waals surface area contributed by atoms with Crippen molar-refractivity contribution in [2.24, 2.45) is 0 Å². The van der Waals surface area contributed by atoms with Gasteiger partial charge >= 0.3 is 0 Å². The molecule has 1 aliphatic rings. The molecular formula is C10H11ClO2. The first kappa shape index (κ1) is 9.00. The highest BCUT2D eigenvalue weighted by Gasteiger charge is 2.24. The minimum absolute atomic E-state index is 0.0345. The van der Waals surface area contributed by atoms with E-state index in [1.807, 2.05) is 24.3 Å². The van der Waals surface area contributed by atoms with Crippen LogP contribution in [0.15, 0.2) is 24.3 Å². The van der Waals surface area contributed by atoms with Crippen molar-refractivity contribution in [1.29, 1.82) is 0 Å². The predicted octanol–water partition coefficient (Wildman–Crippen LogP) is 2.16. The fraction of sp³-hybridized carbons (Fsp3) is 0.400. The van der Waals surface area contributed by atoms with Crippen LogP contribution < -0.4 is 0 Å². The zero-order valence-corrected chi connectivity index (χ0v) is 7.87. The van der Waals surface area contributed by atoms with E-state index in [1.54, 1.807) is 0 Å². The first-order valence-electron chi connectivity index (χ1n) is 4.31. The van der Waals surface area contributed by atoms with Crippen molar-refractivity contribution >= 4 is 11.6 Å². The first-order valence-corrected chi connectivity index (χ1v) is 4.68. The lowest BCUT2D eigenvalue weighted by molar-refractivity contribution is 0.0888. The van der Waals surface area contributed by atoms with E-state index in [0.29, 0.717) is 13.0 Å². The molecule has 70 valence electrons. The van der Waals surface area contributed by atoms with Crippen molar-refractivity contribution in [3.8, 4) is 0 Å². The predicted molar refractivity (Wildman–Crippen MR) is 50.8 cm³/mol. The Kier molecular flexibility index (Phi) is 2.54. The molecule has 2 atom stereocenters. The lowest BCUT2D eigenvalue weighted by Crippen LogP contribution is -2.02. The van der Waals surface area contributed by atoms with Gasteiger partial charge in [0.05, 0.1) is 18.8 Å². The van der Waals surface area contributed by atoms with E-state index in [2.05, 4.69) is 0 Å². The third-order valence-electron chi connectivity index (χ3n) is 2.22. The molecule has 0 aromatic heterocycles. The van der Waals surface area contributed by atoms with Crippen LogP contribution in [0, 0.1) is 0 Å². The van der Waals surface area contributed by atoms with E-state index in [0.717, 1.165) is 10.6 Å². The molecule has 2 nitrogen and oxygen atoms in total.